The summed E-state index contributed by atoms with van der Waals surface area (Å²) >= 11 is 0. The minimum atomic E-state index is -0.473. The molecular weight excluding hydrogens is 204 g/mol. The first-order valence-corrected chi connectivity index (χ1v) is 5.38. The van der Waals surface area contributed by atoms with Crippen LogP contribution in [-0.2, 0) is 4.79 Å². The number of nitrogens with one attached hydrogen (secondary N) is 2. The van der Waals surface area contributed by atoms with E-state index in [-0.39, 0.29) is 5.91 Å². The van der Waals surface area contributed by atoms with Crippen LogP contribution in [-0.4, -0.2) is 32.1 Å². The van der Waals surface area contributed by atoms with Crippen LogP contribution in [0.4, 0.5) is 0 Å². The molecule has 0 aliphatic carbocycles. The van der Waals surface area contributed by atoms with Crippen molar-refractivity contribution in [3.63, 3.8) is 0 Å². The molecule has 1 aromatic carbocycles. The van der Waals surface area contributed by atoms with E-state index in [1.165, 1.54) is 0 Å². The van der Waals surface area contributed by atoms with Gasteiger partial charge in [0.05, 0.1) is 0 Å². The number of likely N-dealkylation sites (N-methyl/N-ethyl adjacent to an activating group) is 1. The summed E-state index contributed by atoms with van der Waals surface area (Å²) in [6.45, 7) is 3.10. The van der Waals surface area contributed by atoms with Crippen LogP contribution >= 0.6 is 0 Å². The summed E-state index contributed by atoms with van der Waals surface area (Å²) in [7, 11) is 1.84. The predicted molar refractivity (Wildman–Crippen MR) is 63.5 cm³/mol. The SMILES string of the molecule is CNCCNC(=O)C(C)Oc1ccccc1. The zero-order valence-corrected chi connectivity index (χ0v) is 9.69. The molecule has 1 aromatic rings. The van der Waals surface area contributed by atoms with E-state index in [1.54, 1.807) is 6.92 Å². The Hall–Kier alpha value is -1.55. The third-order valence-electron chi connectivity index (χ3n) is 2.10. The quantitative estimate of drug-likeness (QED) is 0.700. The van der Waals surface area contributed by atoms with Gasteiger partial charge in [-0.05, 0) is 26.1 Å². The molecule has 2 N–H and O–H groups in total. The van der Waals surface area contributed by atoms with Gasteiger partial charge < -0.3 is 15.4 Å². The molecule has 0 fully saturated rings. The first kappa shape index (κ1) is 12.5. The van der Waals surface area contributed by atoms with Gasteiger partial charge in [-0.15, -0.1) is 0 Å². The summed E-state index contributed by atoms with van der Waals surface area (Å²) in [6, 6.07) is 9.32. The molecule has 1 atom stereocenters. The molecule has 0 aromatic heterocycles. The number of rotatable bonds is 6. The van der Waals surface area contributed by atoms with Gasteiger partial charge in [0.25, 0.3) is 5.91 Å². The number of para-hydroxylation sites is 1. The fourth-order valence-electron chi connectivity index (χ4n) is 1.21. The number of benzene rings is 1. The van der Waals surface area contributed by atoms with Crippen molar-refractivity contribution in [3.05, 3.63) is 30.3 Å². The molecule has 0 saturated carbocycles. The van der Waals surface area contributed by atoms with Crippen molar-refractivity contribution in [2.45, 2.75) is 13.0 Å². The molecule has 0 aliphatic heterocycles. The molecule has 16 heavy (non-hydrogen) atoms. The van der Waals surface area contributed by atoms with Gasteiger partial charge in [-0.1, -0.05) is 18.2 Å². The zero-order valence-electron chi connectivity index (χ0n) is 9.69. The Labute approximate surface area is 96.0 Å². The summed E-state index contributed by atoms with van der Waals surface area (Å²) in [5.74, 6) is 0.609. The van der Waals surface area contributed by atoms with E-state index in [9.17, 15) is 4.79 Å². The number of hydrogen-bond donors (Lipinski definition) is 2. The molecule has 1 rings (SSSR count). The second kappa shape index (κ2) is 6.85. The summed E-state index contributed by atoms with van der Waals surface area (Å²) in [4.78, 5) is 11.6. The van der Waals surface area contributed by atoms with E-state index < -0.39 is 6.10 Å². The summed E-state index contributed by atoms with van der Waals surface area (Å²) in [5, 5.41) is 5.73. The molecule has 1 amide bonds. The van der Waals surface area contributed by atoms with Gasteiger partial charge in [0.15, 0.2) is 6.10 Å². The Bertz CT molecular complexity index is 314. The lowest BCUT2D eigenvalue weighted by Gasteiger charge is -2.14. The fourth-order valence-corrected chi connectivity index (χ4v) is 1.21. The maximum absolute atomic E-state index is 11.6. The number of hydrogen-bond acceptors (Lipinski definition) is 3. The van der Waals surface area contributed by atoms with Crippen LogP contribution in [0.2, 0.25) is 0 Å². The van der Waals surface area contributed by atoms with Crippen molar-refractivity contribution >= 4 is 5.91 Å². The number of carbonyl (C=O) groups is 1. The van der Waals surface area contributed by atoms with Crippen LogP contribution in [0.25, 0.3) is 0 Å². The Morgan fingerprint density at radius 3 is 2.62 bits per heavy atom. The molecule has 1 unspecified atom stereocenters. The van der Waals surface area contributed by atoms with Gasteiger partial charge in [-0.25, -0.2) is 0 Å². The Morgan fingerprint density at radius 2 is 2.00 bits per heavy atom. The number of carbonyl (C=O) groups excluding carboxylic acids is 1. The van der Waals surface area contributed by atoms with Gasteiger partial charge in [-0.3, -0.25) is 4.79 Å². The van der Waals surface area contributed by atoms with Crippen LogP contribution in [0.15, 0.2) is 30.3 Å². The highest BCUT2D eigenvalue weighted by Gasteiger charge is 2.13. The van der Waals surface area contributed by atoms with E-state index in [4.69, 9.17) is 4.74 Å². The Morgan fingerprint density at radius 1 is 1.31 bits per heavy atom. The second-order valence-electron chi connectivity index (χ2n) is 3.47. The fraction of sp³-hybridized carbons (Fsp3) is 0.417. The normalized spacial score (nSPS) is 11.9. The maximum Gasteiger partial charge on any atom is 0.260 e. The molecule has 0 bridgehead atoms. The highest BCUT2D eigenvalue weighted by atomic mass is 16.5. The van der Waals surface area contributed by atoms with E-state index in [1.807, 2.05) is 37.4 Å². The maximum atomic E-state index is 11.6. The average Bonchev–Trinajstić information content (AvgIpc) is 2.30. The predicted octanol–water partition coefficient (Wildman–Crippen LogP) is 0.790. The highest BCUT2D eigenvalue weighted by Crippen LogP contribution is 2.10. The van der Waals surface area contributed by atoms with Crippen molar-refractivity contribution in [3.8, 4) is 5.75 Å². The van der Waals surface area contributed by atoms with Crippen molar-refractivity contribution in [1.29, 1.82) is 0 Å². The van der Waals surface area contributed by atoms with E-state index in [0.29, 0.717) is 12.3 Å². The van der Waals surface area contributed by atoms with E-state index in [2.05, 4.69) is 10.6 Å². The highest BCUT2D eigenvalue weighted by molar-refractivity contribution is 5.80. The number of amides is 1. The minimum absolute atomic E-state index is 0.0981. The van der Waals surface area contributed by atoms with Gasteiger partial charge in [-0.2, -0.15) is 0 Å². The molecule has 0 radical (unpaired) electrons. The number of ether oxygens (including phenoxy) is 1. The van der Waals surface area contributed by atoms with Crippen LogP contribution in [0.3, 0.4) is 0 Å². The van der Waals surface area contributed by atoms with Gasteiger partial charge in [0, 0.05) is 13.1 Å². The largest absolute Gasteiger partial charge is 0.481 e. The van der Waals surface area contributed by atoms with Crippen molar-refractivity contribution in [2.75, 3.05) is 20.1 Å². The third kappa shape index (κ3) is 4.31. The first-order valence-electron chi connectivity index (χ1n) is 5.38. The smallest absolute Gasteiger partial charge is 0.260 e. The van der Waals surface area contributed by atoms with Gasteiger partial charge >= 0.3 is 0 Å². The average molecular weight is 222 g/mol. The molecule has 0 saturated heterocycles. The molecule has 0 aliphatic rings. The second-order valence-corrected chi connectivity index (χ2v) is 3.47. The van der Waals surface area contributed by atoms with Crippen molar-refractivity contribution in [2.24, 2.45) is 0 Å². The lowest BCUT2D eigenvalue weighted by atomic mass is 10.3. The Balaban J connectivity index is 2.34. The summed E-state index contributed by atoms with van der Waals surface area (Å²) in [5.41, 5.74) is 0. The summed E-state index contributed by atoms with van der Waals surface area (Å²) < 4.78 is 5.47. The Kier molecular flexibility index (Phi) is 5.36. The third-order valence-corrected chi connectivity index (χ3v) is 2.10. The molecule has 88 valence electrons. The monoisotopic (exact) mass is 222 g/mol. The summed E-state index contributed by atoms with van der Waals surface area (Å²) in [6.07, 6.45) is -0.473. The molecule has 4 nitrogen and oxygen atoms in total. The minimum Gasteiger partial charge on any atom is -0.481 e. The van der Waals surface area contributed by atoms with E-state index >= 15 is 0 Å². The lowest BCUT2D eigenvalue weighted by molar-refractivity contribution is -0.127. The molecule has 4 heteroatoms. The van der Waals surface area contributed by atoms with Crippen molar-refractivity contribution in [1.82, 2.24) is 10.6 Å². The van der Waals surface area contributed by atoms with Crippen LogP contribution in [0.1, 0.15) is 6.92 Å². The van der Waals surface area contributed by atoms with Gasteiger partial charge in [0.1, 0.15) is 5.75 Å². The molecular formula is C12H18N2O2. The molecule has 0 spiro atoms. The standard InChI is InChI=1S/C12H18N2O2/c1-10(12(15)14-9-8-13-2)16-11-6-4-3-5-7-11/h3-7,10,13H,8-9H2,1-2H3,(H,14,15). The van der Waals surface area contributed by atoms with Crippen LogP contribution < -0.4 is 15.4 Å². The van der Waals surface area contributed by atoms with Crippen LogP contribution in [0.5, 0.6) is 5.75 Å². The molecule has 0 heterocycles. The topological polar surface area (TPSA) is 50.4 Å². The van der Waals surface area contributed by atoms with Gasteiger partial charge in [0.2, 0.25) is 0 Å². The van der Waals surface area contributed by atoms with Crippen molar-refractivity contribution < 1.29 is 9.53 Å². The van der Waals surface area contributed by atoms with E-state index in [0.717, 1.165) is 6.54 Å². The zero-order chi connectivity index (χ0) is 11.8. The first-order chi connectivity index (χ1) is 7.74. The lowest BCUT2D eigenvalue weighted by Crippen LogP contribution is -2.39. The van der Waals surface area contributed by atoms with Crippen LogP contribution in [0, 0.1) is 0 Å².